The number of carbonyl (C=O) groups is 2. The van der Waals surface area contributed by atoms with Crippen molar-refractivity contribution in [2.45, 2.75) is 13.8 Å². The van der Waals surface area contributed by atoms with E-state index in [0.717, 1.165) is 11.1 Å². The van der Waals surface area contributed by atoms with Gasteiger partial charge in [-0.15, -0.1) is 0 Å². The van der Waals surface area contributed by atoms with Crippen molar-refractivity contribution in [3.63, 3.8) is 0 Å². The molecule has 0 aromatic heterocycles. The van der Waals surface area contributed by atoms with Crippen LogP contribution >= 0.6 is 0 Å². The third-order valence-electron chi connectivity index (χ3n) is 4.91. The van der Waals surface area contributed by atoms with E-state index in [-0.39, 0.29) is 18.1 Å². The number of rotatable bonds is 8. The summed E-state index contributed by atoms with van der Waals surface area (Å²) in [7, 11) is 1.57. The van der Waals surface area contributed by atoms with Gasteiger partial charge in [0.2, 0.25) is 0 Å². The molecular weight excluding hydrogens is 430 g/mol. The largest absolute Gasteiger partial charge is 0.497 e. The molecular formula is C27H25N3O4. The number of aryl methyl sites for hydroxylation is 2. The van der Waals surface area contributed by atoms with E-state index in [4.69, 9.17) is 9.47 Å². The van der Waals surface area contributed by atoms with Crippen LogP contribution in [0.25, 0.3) is 6.08 Å². The third-order valence-corrected chi connectivity index (χ3v) is 4.91. The third kappa shape index (κ3) is 6.71. The number of methoxy groups -OCH3 is 1. The molecule has 0 bridgehead atoms. The second kappa shape index (κ2) is 11.3. The number of carbonyl (C=O) groups excluding carboxylic acids is 2. The van der Waals surface area contributed by atoms with Crippen LogP contribution in [0.3, 0.4) is 0 Å². The SMILES string of the molecule is COc1ccc(NC(=O)COc2cccc(/C=C(\C#N)C(=O)Nc3ccc(C)cc3C)c2)cc1. The molecule has 172 valence electrons. The predicted octanol–water partition coefficient (Wildman–Crippen LogP) is 4.88. The van der Waals surface area contributed by atoms with E-state index < -0.39 is 5.91 Å². The molecule has 0 saturated heterocycles. The number of anilines is 2. The highest BCUT2D eigenvalue weighted by Gasteiger charge is 2.11. The zero-order chi connectivity index (χ0) is 24.5. The maximum absolute atomic E-state index is 12.6. The van der Waals surface area contributed by atoms with Crippen molar-refractivity contribution < 1.29 is 19.1 Å². The van der Waals surface area contributed by atoms with Crippen molar-refractivity contribution in [3.05, 3.63) is 89.0 Å². The lowest BCUT2D eigenvalue weighted by Gasteiger charge is -2.09. The molecule has 3 aromatic carbocycles. The summed E-state index contributed by atoms with van der Waals surface area (Å²) in [6.07, 6.45) is 1.48. The van der Waals surface area contributed by atoms with Gasteiger partial charge in [0.15, 0.2) is 6.61 Å². The maximum Gasteiger partial charge on any atom is 0.266 e. The summed E-state index contributed by atoms with van der Waals surface area (Å²) in [5.41, 5.74) is 3.82. The summed E-state index contributed by atoms with van der Waals surface area (Å²) in [4.78, 5) is 24.8. The van der Waals surface area contributed by atoms with E-state index in [2.05, 4.69) is 10.6 Å². The van der Waals surface area contributed by atoms with E-state index in [1.807, 2.05) is 38.1 Å². The smallest absolute Gasteiger partial charge is 0.266 e. The molecule has 7 nitrogen and oxygen atoms in total. The van der Waals surface area contributed by atoms with Gasteiger partial charge in [-0.05, 0) is 73.5 Å². The molecule has 2 N–H and O–H groups in total. The Bertz CT molecular complexity index is 1260. The van der Waals surface area contributed by atoms with Crippen LogP contribution in [0, 0.1) is 25.2 Å². The Hall–Kier alpha value is -4.57. The van der Waals surface area contributed by atoms with Gasteiger partial charge in [-0.25, -0.2) is 0 Å². The highest BCUT2D eigenvalue weighted by atomic mass is 16.5. The van der Waals surface area contributed by atoms with E-state index in [9.17, 15) is 14.9 Å². The molecule has 3 aromatic rings. The fourth-order valence-electron chi connectivity index (χ4n) is 3.17. The fourth-order valence-corrected chi connectivity index (χ4v) is 3.17. The van der Waals surface area contributed by atoms with Crippen molar-refractivity contribution in [1.29, 1.82) is 5.26 Å². The Kier molecular flexibility index (Phi) is 8.03. The molecule has 0 aliphatic rings. The lowest BCUT2D eigenvalue weighted by Crippen LogP contribution is -2.20. The predicted molar refractivity (Wildman–Crippen MR) is 132 cm³/mol. The van der Waals surface area contributed by atoms with Crippen LogP contribution in [0.1, 0.15) is 16.7 Å². The van der Waals surface area contributed by atoms with Gasteiger partial charge in [0.25, 0.3) is 11.8 Å². The molecule has 0 fully saturated rings. The molecule has 3 rings (SSSR count). The quantitative estimate of drug-likeness (QED) is 0.373. The van der Waals surface area contributed by atoms with E-state index in [1.54, 1.807) is 55.6 Å². The van der Waals surface area contributed by atoms with Gasteiger partial charge in [0.05, 0.1) is 7.11 Å². The number of amides is 2. The Morgan fingerprint density at radius 2 is 1.74 bits per heavy atom. The molecule has 0 aliphatic heterocycles. The number of nitriles is 1. The minimum Gasteiger partial charge on any atom is -0.497 e. The highest BCUT2D eigenvalue weighted by Crippen LogP contribution is 2.20. The van der Waals surface area contributed by atoms with Gasteiger partial charge in [-0.1, -0.05) is 29.8 Å². The van der Waals surface area contributed by atoms with E-state index >= 15 is 0 Å². The van der Waals surface area contributed by atoms with Crippen LogP contribution in [0.4, 0.5) is 11.4 Å². The van der Waals surface area contributed by atoms with Crippen LogP contribution in [-0.4, -0.2) is 25.5 Å². The van der Waals surface area contributed by atoms with Crippen LogP contribution in [-0.2, 0) is 9.59 Å². The van der Waals surface area contributed by atoms with Gasteiger partial charge >= 0.3 is 0 Å². The number of benzene rings is 3. The Morgan fingerprint density at radius 1 is 0.971 bits per heavy atom. The number of hydrogen-bond donors (Lipinski definition) is 2. The Labute approximate surface area is 198 Å². The number of ether oxygens (including phenoxy) is 2. The fraction of sp³-hybridized carbons (Fsp3) is 0.148. The normalized spacial score (nSPS) is 10.7. The van der Waals surface area contributed by atoms with Crippen molar-refractivity contribution >= 4 is 29.3 Å². The first-order chi connectivity index (χ1) is 16.4. The summed E-state index contributed by atoms with van der Waals surface area (Å²) < 4.78 is 10.7. The molecule has 0 spiro atoms. The lowest BCUT2D eigenvalue weighted by molar-refractivity contribution is -0.118. The molecule has 34 heavy (non-hydrogen) atoms. The zero-order valence-corrected chi connectivity index (χ0v) is 19.2. The van der Waals surface area contributed by atoms with Crippen LogP contribution in [0.5, 0.6) is 11.5 Å². The topological polar surface area (TPSA) is 100 Å². The average molecular weight is 456 g/mol. The second-order valence-corrected chi connectivity index (χ2v) is 7.58. The molecule has 0 saturated carbocycles. The van der Waals surface area contributed by atoms with Gasteiger partial charge in [0, 0.05) is 11.4 Å². The molecule has 0 aliphatic carbocycles. The summed E-state index contributed by atoms with van der Waals surface area (Å²) >= 11 is 0. The molecule has 2 amide bonds. The second-order valence-electron chi connectivity index (χ2n) is 7.58. The molecule has 0 heterocycles. The van der Waals surface area contributed by atoms with Crippen molar-refractivity contribution in [2.75, 3.05) is 24.4 Å². The molecule has 7 heteroatoms. The van der Waals surface area contributed by atoms with Gasteiger partial charge < -0.3 is 20.1 Å². The summed E-state index contributed by atoms with van der Waals surface area (Å²) in [5.74, 6) is 0.306. The average Bonchev–Trinajstić information content (AvgIpc) is 2.83. The molecule has 0 unspecified atom stereocenters. The first-order valence-electron chi connectivity index (χ1n) is 10.5. The zero-order valence-electron chi connectivity index (χ0n) is 19.2. The van der Waals surface area contributed by atoms with Gasteiger partial charge in [-0.2, -0.15) is 5.26 Å². The number of hydrogen-bond acceptors (Lipinski definition) is 5. The minimum absolute atomic E-state index is 0.0469. The summed E-state index contributed by atoms with van der Waals surface area (Å²) in [6, 6.07) is 21.4. The first-order valence-corrected chi connectivity index (χ1v) is 10.5. The van der Waals surface area contributed by atoms with E-state index in [0.29, 0.717) is 28.4 Å². The van der Waals surface area contributed by atoms with E-state index in [1.165, 1.54) is 6.08 Å². The van der Waals surface area contributed by atoms with Crippen molar-refractivity contribution in [2.24, 2.45) is 0 Å². The standard InChI is InChI=1S/C27H25N3O4/c1-18-7-12-25(19(2)13-18)30-27(32)21(16-28)14-20-5-4-6-24(15-20)34-17-26(31)29-22-8-10-23(33-3)11-9-22/h4-15H,17H2,1-3H3,(H,29,31)(H,30,32)/b21-14+. The monoisotopic (exact) mass is 455 g/mol. The van der Waals surface area contributed by atoms with Gasteiger partial charge in [0.1, 0.15) is 23.1 Å². The lowest BCUT2D eigenvalue weighted by atomic mass is 10.1. The van der Waals surface area contributed by atoms with Crippen molar-refractivity contribution in [1.82, 2.24) is 0 Å². The number of nitrogens with one attached hydrogen (secondary N) is 2. The Morgan fingerprint density at radius 3 is 2.41 bits per heavy atom. The summed E-state index contributed by atoms with van der Waals surface area (Å²) in [6.45, 7) is 3.67. The minimum atomic E-state index is -0.500. The Balaban J connectivity index is 1.62. The van der Waals surface area contributed by atoms with Crippen molar-refractivity contribution in [3.8, 4) is 17.6 Å². The number of nitrogens with zero attached hydrogens (tertiary/aromatic N) is 1. The molecule has 0 radical (unpaired) electrons. The van der Waals surface area contributed by atoms with Crippen LogP contribution < -0.4 is 20.1 Å². The van der Waals surface area contributed by atoms with Crippen LogP contribution in [0.15, 0.2) is 72.3 Å². The van der Waals surface area contributed by atoms with Crippen LogP contribution in [0.2, 0.25) is 0 Å². The maximum atomic E-state index is 12.6. The first kappa shape index (κ1) is 24.1. The highest BCUT2D eigenvalue weighted by molar-refractivity contribution is 6.10. The molecule has 0 atom stereocenters. The van der Waals surface area contributed by atoms with Gasteiger partial charge in [-0.3, -0.25) is 9.59 Å². The summed E-state index contributed by atoms with van der Waals surface area (Å²) in [5, 5.41) is 15.0.